The van der Waals surface area contributed by atoms with Gasteiger partial charge >= 0.3 is 12.3 Å². The molecule has 0 saturated carbocycles. The highest BCUT2D eigenvalue weighted by Crippen LogP contribution is 2.29. The fraction of sp³-hybridized carbons (Fsp3) is 0.750. The Kier molecular flexibility index (Phi) is 4.85. The van der Waals surface area contributed by atoms with Gasteiger partial charge in [0.1, 0.15) is 5.60 Å². The van der Waals surface area contributed by atoms with Crippen molar-refractivity contribution in [3.63, 3.8) is 0 Å². The van der Waals surface area contributed by atoms with E-state index in [2.05, 4.69) is 15.5 Å². The Labute approximate surface area is 120 Å². The first-order valence-corrected chi connectivity index (χ1v) is 6.45. The average molecular weight is 308 g/mol. The van der Waals surface area contributed by atoms with Crippen LogP contribution in [0.25, 0.3) is 0 Å². The molecule has 120 valence electrons. The third-order valence-electron chi connectivity index (χ3n) is 2.47. The van der Waals surface area contributed by atoms with Crippen molar-refractivity contribution in [1.82, 2.24) is 20.1 Å². The number of carbonyl (C=O) groups is 1. The molecule has 0 fully saturated rings. The number of halogens is 3. The van der Waals surface area contributed by atoms with Crippen molar-refractivity contribution < 1.29 is 22.7 Å². The van der Waals surface area contributed by atoms with E-state index in [9.17, 15) is 18.0 Å². The van der Waals surface area contributed by atoms with E-state index in [1.54, 1.807) is 27.7 Å². The highest BCUT2D eigenvalue weighted by molar-refractivity contribution is 5.68. The number of alkyl carbamates (subject to hydrolysis) is 1. The van der Waals surface area contributed by atoms with E-state index in [0.717, 1.165) is 4.57 Å². The van der Waals surface area contributed by atoms with E-state index < -0.39 is 29.7 Å². The molecular weight excluding hydrogens is 289 g/mol. The van der Waals surface area contributed by atoms with Crippen LogP contribution in [0.5, 0.6) is 0 Å². The van der Waals surface area contributed by atoms with Crippen LogP contribution in [0.15, 0.2) is 0 Å². The van der Waals surface area contributed by atoms with Crippen molar-refractivity contribution in [3.05, 3.63) is 11.6 Å². The maximum Gasteiger partial charge on any atom is 0.451 e. The summed E-state index contributed by atoms with van der Waals surface area (Å²) in [4.78, 5) is 11.6. The monoisotopic (exact) mass is 308 g/mol. The summed E-state index contributed by atoms with van der Waals surface area (Å²) >= 11 is 0. The zero-order valence-electron chi connectivity index (χ0n) is 12.6. The molecule has 1 unspecified atom stereocenters. The Bertz CT molecular complexity index is 506. The van der Waals surface area contributed by atoms with E-state index in [0.29, 0.717) is 0 Å². The molecule has 0 saturated heterocycles. The standard InChI is InChI=1S/C12H19F3N4O2/c1-6-19-8(17-18-9(19)12(13,14)15)7(2)16-10(20)21-11(3,4)5/h7H,6H2,1-5H3,(H,16,20). The summed E-state index contributed by atoms with van der Waals surface area (Å²) in [7, 11) is 0. The predicted octanol–water partition coefficient (Wildman–Crippen LogP) is 2.90. The van der Waals surface area contributed by atoms with Crippen molar-refractivity contribution in [2.75, 3.05) is 0 Å². The maximum atomic E-state index is 12.8. The SMILES string of the molecule is CCn1c(C(C)NC(=O)OC(C)(C)C)nnc1C(F)(F)F. The largest absolute Gasteiger partial charge is 0.451 e. The molecule has 0 aromatic carbocycles. The van der Waals surface area contributed by atoms with Gasteiger partial charge in [0.15, 0.2) is 5.82 Å². The van der Waals surface area contributed by atoms with Crippen LogP contribution < -0.4 is 5.32 Å². The fourth-order valence-electron chi connectivity index (χ4n) is 1.71. The van der Waals surface area contributed by atoms with Crippen LogP contribution in [0.4, 0.5) is 18.0 Å². The number of nitrogens with one attached hydrogen (secondary N) is 1. The van der Waals surface area contributed by atoms with Crippen LogP contribution in [0.2, 0.25) is 0 Å². The van der Waals surface area contributed by atoms with Gasteiger partial charge in [0.05, 0.1) is 6.04 Å². The van der Waals surface area contributed by atoms with Crippen molar-refractivity contribution in [3.8, 4) is 0 Å². The summed E-state index contributed by atoms with van der Waals surface area (Å²) in [6.45, 7) is 8.16. The molecule has 0 aliphatic heterocycles. The Morgan fingerprint density at radius 1 is 1.33 bits per heavy atom. The average Bonchev–Trinajstić information content (AvgIpc) is 2.68. The Balaban J connectivity index is 2.91. The summed E-state index contributed by atoms with van der Waals surface area (Å²) in [5.41, 5.74) is -0.695. The van der Waals surface area contributed by atoms with Gasteiger partial charge in [0, 0.05) is 6.54 Å². The molecule has 0 aliphatic rings. The molecular formula is C12H19F3N4O2. The van der Waals surface area contributed by atoms with Gasteiger partial charge in [0.25, 0.3) is 0 Å². The second-order valence-corrected chi connectivity index (χ2v) is 5.49. The third-order valence-corrected chi connectivity index (χ3v) is 2.47. The maximum absolute atomic E-state index is 12.8. The highest BCUT2D eigenvalue weighted by atomic mass is 19.4. The minimum Gasteiger partial charge on any atom is -0.444 e. The summed E-state index contributed by atoms with van der Waals surface area (Å²) in [6.07, 6.45) is -5.32. The summed E-state index contributed by atoms with van der Waals surface area (Å²) in [6, 6.07) is -0.761. The van der Waals surface area contributed by atoms with Crippen LogP contribution in [0.3, 0.4) is 0 Å². The number of hydrogen-bond donors (Lipinski definition) is 1. The number of amides is 1. The molecule has 9 heteroatoms. The zero-order chi connectivity index (χ0) is 16.4. The van der Waals surface area contributed by atoms with Gasteiger partial charge in [-0.3, -0.25) is 0 Å². The van der Waals surface area contributed by atoms with Crippen LogP contribution in [-0.4, -0.2) is 26.5 Å². The van der Waals surface area contributed by atoms with E-state index >= 15 is 0 Å². The molecule has 0 bridgehead atoms. The normalized spacial score (nSPS) is 13.9. The number of ether oxygens (including phenoxy) is 1. The van der Waals surface area contributed by atoms with Gasteiger partial charge in [-0.1, -0.05) is 0 Å². The molecule has 6 nitrogen and oxygen atoms in total. The van der Waals surface area contributed by atoms with Gasteiger partial charge in [-0.05, 0) is 34.6 Å². The quantitative estimate of drug-likeness (QED) is 0.932. The molecule has 0 aliphatic carbocycles. The highest BCUT2D eigenvalue weighted by Gasteiger charge is 2.38. The van der Waals surface area contributed by atoms with E-state index in [4.69, 9.17) is 4.74 Å². The topological polar surface area (TPSA) is 69.0 Å². The van der Waals surface area contributed by atoms with Crippen molar-refractivity contribution in [2.24, 2.45) is 0 Å². The molecule has 0 spiro atoms. The van der Waals surface area contributed by atoms with Crippen molar-refractivity contribution in [1.29, 1.82) is 0 Å². The number of carbonyl (C=O) groups excluding carboxylic acids is 1. The van der Waals surface area contributed by atoms with Crippen molar-refractivity contribution in [2.45, 2.75) is 59.0 Å². The summed E-state index contributed by atoms with van der Waals surface area (Å²) < 4.78 is 44.3. The Morgan fingerprint density at radius 2 is 1.90 bits per heavy atom. The molecule has 1 atom stereocenters. The lowest BCUT2D eigenvalue weighted by Crippen LogP contribution is -2.35. The van der Waals surface area contributed by atoms with Gasteiger partial charge in [-0.15, -0.1) is 10.2 Å². The van der Waals surface area contributed by atoms with Crippen LogP contribution in [-0.2, 0) is 17.5 Å². The lowest BCUT2D eigenvalue weighted by atomic mass is 10.2. The second kappa shape index (κ2) is 5.90. The van der Waals surface area contributed by atoms with Crippen molar-refractivity contribution >= 4 is 6.09 Å². The molecule has 1 aromatic heterocycles. The predicted molar refractivity (Wildman–Crippen MR) is 68.5 cm³/mol. The van der Waals surface area contributed by atoms with Crippen LogP contribution in [0, 0.1) is 0 Å². The second-order valence-electron chi connectivity index (χ2n) is 5.49. The molecule has 1 rings (SSSR count). The molecule has 1 amide bonds. The van der Waals surface area contributed by atoms with Gasteiger partial charge in [-0.2, -0.15) is 13.2 Å². The first-order chi connectivity index (χ1) is 9.45. The van der Waals surface area contributed by atoms with E-state index in [1.807, 2.05) is 0 Å². The third kappa shape index (κ3) is 4.61. The molecule has 1 N–H and O–H groups in total. The van der Waals surface area contributed by atoms with Gasteiger partial charge in [0.2, 0.25) is 5.82 Å². The first-order valence-electron chi connectivity index (χ1n) is 6.45. The number of aromatic nitrogens is 3. The molecule has 0 radical (unpaired) electrons. The fourth-order valence-corrected chi connectivity index (χ4v) is 1.71. The summed E-state index contributed by atoms with van der Waals surface area (Å²) in [5, 5.41) is 9.12. The van der Waals surface area contributed by atoms with Gasteiger partial charge < -0.3 is 14.6 Å². The molecule has 1 heterocycles. The number of rotatable bonds is 3. The van der Waals surface area contributed by atoms with E-state index in [1.165, 1.54) is 6.92 Å². The van der Waals surface area contributed by atoms with E-state index in [-0.39, 0.29) is 12.4 Å². The molecule has 21 heavy (non-hydrogen) atoms. The smallest absolute Gasteiger partial charge is 0.444 e. The van der Waals surface area contributed by atoms with Crippen LogP contribution in [0.1, 0.15) is 52.3 Å². The Morgan fingerprint density at radius 3 is 2.33 bits per heavy atom. The number of alkyl halides is 3. The van der Waals surface area contributed by atoms with Gasteiger partial charge in [-0.25, -0.2) is 4.79 Å². The number of hydrogen-bond acceptors (Lipinski definition) is 4. The minimum atomic E-state index is -4.59. The minimum absolute atomic E-state index is 0.0238. The Hall–Kier alpha value is -1.80. The molecule has 1 aromatic rings. The first kappa shape index (κ1) is 17.3. The lowest BCUT2D eigenvalue weighted by molar-refractivity contribution is -0.147. The lowest BCUT2D eigenvalue weighted by Gasteiger charge is -2.22. The number of nitrogens with zero attached hydrogens (tertiary/aromatic N) is 3. The summed E-state index contributed by atoms with van der Waals surface area (Å²) in [5.74, 6) is -1.06. The zero-order valence-corrected chi connectivity index (χ0v) is 12.6. The van der Waals surface area contributed by atoms with Crippen LogP contribution >= 0.6 is 0 Å².